The quantitative estimate of drug-likeness (QED) is 0.0743. The molecule has 0 spiro atoms. The third kappa shape index (κ3) is 9.66. The van der Waals surface area contributed by atoms with Crippen LogP contribution in [0.4, 0.5) is 0 Å². The fourth-order valence-electron chi connectivity index (χ4n) is 2.20. The van der Waals surface area contributed by atoms with Gasteiger partial charge >= 0.3 is 11.9 Å². The normalized spacial score (nSPS) is 22.0. The van der Waals surface area contributed by atoms with E-state index in [1.165, 1.54) is 0 Å². The van der Waals surface area contributed by atoms with E-state index in [1.807, 2.05) is 0 Å². The molecule has 14 N–H and O–H groups in total. The Kier molecular flexibility index (Phi) is 13.9. The lowest BCUT2D eigenvalue weighted by Crippen LogP contribution is -2.52. The van der Waals surface area contributed by atoms with Gasteiger partial charge < -0.3 is 76.5 Å². The highest BCUT2D eigenvalue weighted by molar-refractivity contribution is 5.82. The van der Waals surface area contributed by atoms with Crippen molar-refractivity contribution in [2.24, 2.45) is 5.73 Å². The van der Waals surface area contributed by atoms with E-state index in [-0.39, 0.29) is 0 Å². The highest BCUT2D eigenvalue weighted by Crippen LogP contribution is 2.12. The van der Waals surface area contributed by atoms with Gasteiger partial charge in [0.15, 0.2) is 0 Å². The topological polar surface area (TPSA) is 321 Å². The first-order chi connectivity index (χ1) is 15.2. The molecule has 0 aliphatic heterocycles. The van der Waals surface area contributed by atoms with Crippen LogP contribution < -0.4 is 5.73 Å². The van der Waals surface area contributed by atoms with Crippen LogP contribution in [0.25, 0.3) is 0 Å². The van der Waals surface area contributed by atoms with Crippen LogP contribution >= 0.6 is 0 Å². The lowest BCUT2D eigenvalue weighted by Gasteiger charge is -2.28. The maximum atomic E-state index is 11.8. The number of nitrogens with two attached hydrogens (primary N) is 1. The zero-order valence-corrected chi connectivity index (χ0v) is 17.0. The minimum atomic E-state index is -2.50. The van der Waals surface area contributed by atoms with Gasteiger partial charge in [-0.15, -0.1) is 0 Å². The first-order valence-electron chi connectivity index (χ1n) is 9.37. The van der Waals surface area contributed by atoms with Crippen LogP contribution in [-0.2, 0) is 19.1 Å². The van der Waals surface area contributed by atoms with Gasteiger partial charge in [-0.25, -0.2) is 0 Å². The molecule has 17 nitrogen and oxygen atoms in total. The Balaban J connectivity index is 4.75. The Morgan fingerprint density at radius 3 is 1.33 bits per heavy atom. The molecule has 0 amide bonds. The van der Waals surface area contributed by atoms with Crippen molar-refractivity contribution in [1.82, 2.24) is 0 Å². The van der Waals surface area contributed by atoms with Crippen LogP contribution in [0.5, 0.6) is 0 Å². The van der Waals surface area contributed by atoms with Crippen molar-refractivity contribution in [1.29, 1.82) is 0 Å². The van der Waals surface area contributed by atoms with Crippen molar-refractivity contribution in [3.63, 3.8) is 0 Å². The van der Waals surface area contributed by atoms with Gasteiger partial charge in [-0.3, -0.25) is 9.59 Å². The molecule has 0 saturated heterocycles. The zero-order valence-electron chi connectivity index (χ0n) is 17.0. The van der Waals surface area contributed by atoms with E-state index >= 15 is 0 Å². The number of ether oxygens (including phenoxy) is 2. The average molecular weight is 493 g/mol. The van der Waals surface area contributed by atoms with Gasteiger partial charge in [0.1, 0.15) is 54.9 Å². The molecule has 0 heterocycles. The second kappa shape index (κ2) is 14.6. The largest absolute Gasteiger partial charge is 0.433 e. The molecule has 0 rings (SSSR count). The van der Waals surface area contributed by atoms with Gasteiger partial charge in [0.2, 0.25) is 12.6 Å². The smallest absolute Gasteiger partial charge is 0.325 e. The minimum absolute atomic E-state index is 1.00. The van der Waals surface area contributed by atoms with E-state index in [4.69, 9.17) is 15.9 Å². The Morgan fingerprint density at radius 1 is 0.606 bits per heavy atom. The van der Waals surface area contributed by atoms with Crippen LogP contribution in [0, 0.1) is 0 Å². The Bertz CT molecular complexity index is 595. The highest BCUT2D eigenvalue weighted by Gasteiger charge is 2.38. The van der Waals surface area contributed by atoms with Crippen molar-refractivity contribution < 1.29 is 80.3 Å². The third-order valence-corrected chi connectivity index (χ3v) is 4.32. The predicted molar refractivity (Wildman–Crippen MR) is 99.0 cm³/mol. The van der Waals surface area contributed by atoms with Crippen LogP contribution in [-0.4, -0.2) is 154 Å². The minimum Gasteiger partial charge on any atom is -0.433 e. The second-order valence-corrected chi connectivity index (χ2v) is 6.96. The molecule has 2 unspecified atom stereocenters. The van der Waals surface area contributed by atoms with Crippen molar-refractivity contribution in [2.45, 2.75) is 73.9 Å². The van der Waals surface area contributed by atoms with E-state index < -0.39 is 99.0 Å². The molecular formula is C16H31NO16. The number of aliphatic hydroxyl groups excluding tert-OH is 12. The molecule has 0 aliphatic rings. The number of aliphatic hydroxyl groups is 12. The first kappa shape index (κ1) is 31.4. The Labute approximate surface area is 186 Å². The third-order valence-electron chi connectivity index (χ3n) is 4.32. The molecule has 0 aliphatic carbocycles. The Hall–Kier alpha value is -1.58. The summed E-state index contributed by atoms with van der Waals surface area (Å²) in [5.41, 5.74) is 5.34. The van der Waals surface area contributed by atoms with E-state index in [2.05, 4.69) is 9.47 Å². The molecule has 0 radical (unpaired) electrons. The monoisotopic (exact) mass is 493 g/mol. The average Bonchev–Trinajstić information content (AvgIpc) is 2.79. The van der Waals surface area contributed by atoms with Gasteiger partial charge in [0.05, 0.1) is 19.6 Å². The molecule has 0 aromatic heterocycles. The van der Waals surface area contributed by atoms with Crippen LogP contribution in [0.1, 0.15) is 6.42 Å². The van der Waals surface area contributed by atoms with Crippen LogP contribution in [0.3, 0.4) is 0 Å². The summed E-state index contributed by atoms with van der Waals surface area (Å²) in [4.78, 5) is 23.5. The molecular weight excluding hydrogens is 462 g/mol. The van der Waals surface area contributed by atoms with E-state index in [0.717, 1.165) is 0 Å². The molecule has 17 heteroatoms. The fourth-order valence-corrected chi connectivity index (χ4v) is 2.20. The fraction of sp³-hybridized carbons (Fsp3) is 0.875. The number of hydrogen-bond donors (Lipinski definition) is 13. The standard InChI is InChI=1S/C16H31NO16/c17-4(14(29)33-16(31)13(28)11(26)9(24)6(21)3-19)1-7(22)32-15(30)12(27)10(25)8(23)5(20)2-18/h4-6,8-13,15-16,18-21,23-28,30-31H,1-3,17H2/t4-,5+,6+,8+,9+,10-,11-,12-,13-,15?,16?/m0/s1. The molecule has 0 saturated carbocycles. The van der Waals surface area contributed by atoms with Gasteiger partial charge in [-0.05, 0) is 0 Å². The van der Waals surface area contributed by atoms with Crippen LogP contribution in [0.15, 0.2) is 0 Å². The second-order valence-electron chi connectivity index (χ2n) is 6.96. The zero-order chi connectivity index (χ0) is 26.0. The molecule has 0 aromatic rings. The lowest BCUT2D eigenvalue weighted by molar-refractivity contribution is -0.218. The summed E-state index contributed by atoms with van der Waals surface area (Å²) in [5.74, 6) is -2.99. The van der Waals surface area contributed by atoms with Gasteiger partial charge in [0.25, 0.3) is 0 Å². The highest BCUT2D eigenvalue weighted by atomic mass is 16.7. The summed E-state index contributed by atoms with van der Waals surface area (Å²) < 4.78 is 8.61. The number of rotatable bonds is 15. The van der Waals surface area contributed by atoms with E-state index in [1.54, 1.807) is 0 Å². The molecule has 196 valence electrons. The van der Waals surface area contributed by atoms with E-state index in [9.17, 15) is 60.7 Å². The summed E-state index contributed by atoms with van der Waals surface area (Å²) in [5, 5.41) is 112. The van der Waals surface area contributed by atoms with Crippen molar-refractivity contribution in [3.05, 3.63) is 0 Å². The maximum absolute atomic E-state index is 11.8. The predicted octanol–water partition coefficient (Wildman–Crippen LogP) is -8.70. The molecule has 0 bridgehead atoms. The summed E-state index contributed by atoms with van der Waals surface area (Å²) in [6.45, 7) is -2.01. The van der Waals surface area contributed by atoms with Crippen molar-refractivity contribution >= 4 is 11.9 Å². The summed E-state index contributed by atoms with van der Waals surface area (Å²) >= 11 is 0. The number of esters is 2. The number of carbonyl (C=O) groups excluding carboxylic acids is 2. The molecule has 11 atom stereocenters. The van der Waals surface area contributed by atoms with Crippen molar-refractivity contribution in [2.75, 3.05) is 13.2 Å². The maximum Gasteiger partial charge on any atom is 0.325 e. The van der Waals surface area contributed by atoms with Gasteiger partial charge in [-0.2, -0.15) is 0 Å². The molecule has 0 fully saturated rings. The summed E-state index contributed by atoms with van der Waals surface area (Å²) in [6.07, 6.45) is -23.4. The number of carbonyl (C=O) groups is 2. The van der Waals surface area contributed by atoms with Crippen molar-refractivity contribution in [3.8, 4) is 0 Å². The summed E-state index contributed by atoms with van der Waals surface area (Å²) in [6, 6.07) is -1.89. The molecule has 0 aromatic carbocycles. The Morgan fingerprint density at radius 2 is 0.970 bits per heavy atom. The SMILES string of the molecule is N[C@@H](CC(=O)OC(O)[C@@H](O)[C@@H](O)[C@H](O)[C@H](O)CO)C(=O)OC(O)[C@@H](O)[C@@H](O)[C@H](O)[C@H](O)CO. The van der Waals surface area contributed by atoms with Crippen LogP contribution in [0.2, 0.25) is 0 Å². The first-order valence-corrected chi connectivity index (χ1v) is 9.37. The van der Waals surface area contributed by atoms with Gasteiger partial charge in [0, 0.05) is 0 Å². The lowest BCUT2D eigenvalue weighted by atomic mass is 10.0. The van der Waals surface area contributed by atoms with Gasteiger partial charge in [-0.1, -0.05) is 0 Å². The summed E-state index contributed by atoms with van der Waals surface area (Å²) in [7, 11) is 0. The van der Waals surface area contributed by atoms with E-state index in [0.29, 0.717) is 0 Å². The molecule has 33 heavy (non-hydrogen) atoms. The number of hydrogen-bond acceptors (Lipinski definition) is 17.